The van der Waals surface area contributed by atoms with Crippen LogP contribution in [0.1, 0.15) is 38.7 Å². The van der Waals surface area contributed by atoms with Gasteiger partial charge in [-0.3, -0.25) is 14.9 Å². The number of hydrogen-bond acceptors (Lipinski definition) is 7. The van der Waals surface area contributed by atoms with Crippen LogP contribution in [0.5, 0.6) is 0 Å². The Labute approximate surface area is 203 Å². The van der Waals surface area contributed by atoms with Gasteiger partial charge in [0.25, 0.3) is 0 Å². The molecule has 1 heterocycles. The molecule has 0 aliphatic carbocycles. The number of likely N-dealkylation sites (tertiary alicyclic amines) is 1. The summed E-state index contributed by atoms with van der Waals surface area (Å²) in [6.07, 6.45) is 3.40. The lowest BCUT2D eigenvalue weighted by atomic mass is 10.0. The highest BCUT2D eigenvalue weighted by atomic mass is 16.5. The van der Waals surface area contributed by atoms with E-state index in [4.69, 9.17) is 14.9 Å². The molecule has 4 N–H and O–H groups in total. The molecule has 0 unspecified atom stereocenters. The summed E-state index contributed by atoms with van der Waals surface area (Å²) >= 11 is 0. The Kier molecular flexibility index (Phi) is 12.7. The van der Waals surface area contributed by atoms with Gasteiger partial charge < -0.3 is 25.0 Å². The van der Waals surface area contributed by atoms with E-state index in [2.05, 4.69) is 5.32 Å². The SMILES string of the molecule is CCOC(=O)[C@@H](CCc1ccccc1)N[C@@H](C)C(=O)N1CCC[C@@H]1C(=O)O.O=C(O)/C=C\C(=O)O. The quantitative estimate of drug-likeness (QED) is 0.261. The molecule has 2 rings (SSSR count). The van der Waals surface area contributed by atoms with Crippen LogP contribution in [0.25, 0.3) is 0 Å². The molecule has 3 atom stereocenters. The van der Waals surface area contributed by atoms with Crippen molar-refractivity contribution in [1.82, 2.24) is 10.2 Å². The summed E-state index contributed by atoms with van der Waals surface area (Å²) in [6.45, 7) is 4.09. The number of aryl methyl sites for hydroxylation is 1. The van der Waals surface area contributed by atoms with E-state index in [1.165, 1.54) is 4.90 Å². The Hall–Kier alpha value is -3.73. The van der Waals surface area contributed by atoms with Crippen LogP contribution < -0.4 is 5.32 Å². The van der Waals surface area contributed by atoms with Crippen LogP contribution in [-0.2, 0) is 35.1 Å². The Morgan fingerprint density at radius 2 is 1.69 bits per heavy atom. The fourth-order valence-electron chi connectivity index (χ4n) is 3.52. The summed E-state index contributed by atoms with van der Waals surface area (Å²) in [7, 11) is 0. The highest BCUT2D eigenvalue weighted by Gasteiger charge is 2.36. The van der Waals surface area contributed by atoms with Crippen molar-refractivity contribution >= 4 is 29.8 Å². The Morgan fingerprint density at radius 1 is 1.09 bits per heavy atom. The highest BCUT2D eigenvalue weighted by Crippen LogP contribution is 2.19. The van der Waals surface area contributed by atoms with Crippen molar-refractivity contribution in [3.8, 4) is 0 Å². The number of carboxylic acids is 3. The van der Waals surface area contributed by atoms with Crippen molar-refractivity contribution < 1.29 is 44.0 Å². The van der Waals surface area contributed by atoms with Gasteiger partial charge >= 0.3 is 23.9 Å². The van der Waals surface area contributed by atoms with Crippen LogP contribution in [0.15, 0.2) is 42.5 Å². The minimum Gasteiger partial charge on any atom is -0.480 e. The zero-order chi connectivity index (χ0) is 26.4. The summed E-state index contributed by atoms with van der Waals surface area (Å²) in [5.74, 6) is -4.20. The first-order valence-corrected chi connectivity index (χ1v) is 11.2. The number of nitrogens with one attached hydrogen (secondary N) is 1. The summed E-state index contributed by atoms with van der Waals surface area (Å²) < 4.78 is 5.14. The summed E-state index contributed by atoms with van der Waals surface area (Å²) in [6, 6.07) is 7.69. The predicted molar refractivity (Wildman–Crippen MR) is 125 cm³/mol. The molecule has 1 aliphatic rings. The van der Waals surface area contributed by atoms with E-state index in [0.29, 0.717) is 44.4 Å². The Balaban J connectivity index is 0.000000658. The van der Waals surface area contributed by atoms with Crippen LogP contribution in [0.2, 0.25) is 0 Å². The molecule has 1 aliphatic heterocycles. The van der Waals surface area contributed by atoms with Crippen molar-refractivity contribution in [1.29, 1.82) is 0 Å². The van der Waals surface area contributed by atoms with Gasteiger partial charge in [0.2, 0.25) is 5.91 Å². The van der Waals surface area contributed by atoms with Crippen molar-refractivity contribution in [2.45, 2.75) is 57.7 Å². The first-order valence-electron chi connectivity index (χ1n) is 11.2. The number of hydrogen-bond donors (Lipinski definition) is 4. The number of nitrogens with zero attached hydrogens (tertiary/aromatic N) is 1. The largest absolute Gasteiger partial charge is 0.480 e. The maximum Gasteiger partial charge on any atom is 0.328 e. The molecule has 1 aromatic rings. The number of ether oxygens (including phenoxy) is 1. The molecule has 0 radical (unpaired) electrons. The monoisotopic (exact) mass is 492 g/mol. The van der Waals surface area contributed by atoms with Gasteiger partial charge in [-0.25, -0.2) is 14.4 Å². The molecular weight excluding hydrogens is 460 g/mol. The van der Waals surface area contributed by atoms with Crippen LogP contribution in [0.4, 0.5) is 0 Å². The minimum atomic E-state index is -1.26. The normalized spacial score (nSPS) is 16.6. The number of amides is 1. The molecule has 11 nitrogen and oxygen atoms in total. The van der Waals surface area contributed by atoms with E-state index in [9.17, 15) is 29.1 Å². The van der Waals surface area contributed by atoms with Gasteiger partial charge in [0.1, 0.15) is 12.1 Å². The van der Waals surface area contributed by atoms with Crippen LogP contribution >= 0.6 is 0 Å². The predicted octanol–water partition coefficient (Wildman–Crippen LogP) is 1.32. The van der Waals surface area contributed by atoms with Gasteiger partial charge in [-0.2, -0.15) is 0 Å². The Bertz CT molecular complexity index is 886. The molecular formula is C24H32N2O9. The van der Waals surface area contributed by atoms with E-state index >= 15 is 0 Å². The van der Waals surface area contributed by atoms with Crippen molar-refractivity contribution in [2.75, 3.05) is 13.2 Å². The van der Waals surface area contributed by atoms with Crippen molar-refractivity contribution in [2.24, 2.45) is 0 Å². The third-order valence-corrected chi connectivity index (χ3v) is 5.15. The standard InChI is InChI=1S/C20H28N2O5.C4H4O4/c1-3-27-20(26)16(12-11-15-8-5-4-6-9-15)21-14(2)18(23)22-13-7-10-17(22)19(24)25;5-3(6)1-2-4(7)8/h4-6,8-9,14,16-17,21H,3,7,10-13H2,1-2H3,(H,24,25);1-2H,(H,5,6)(H,7,8)/b;2-1-/t14-,16+,17+;/m0./s1. The van der Waals surface area contributed by atoms with E-state index in [1.54, 1.807) is 13.8 Å². The summed E-state index contributed by atoms with van der Waals surface area (Å²) in [4.78, 5) is 56.8. The van der Waals surface area contributed by atoms with E-state index < -0.39 is 42.0 Å². The second-order valence-corrected chi connectivity index (χ2v) is 7.75. The zero-order valence-corrected chi connectivity index (χ0v) is 19.8. The number of carboxylic acid groups (broad SMARTS) is 3. The van der Waals surface area contributed by atoms with Gasteiger partial charge in [0.15, 0.2) is 0 Å². The van der Waals surface area contributed by atoms with Gasteiger partial charge in [-0.05, 0) is 45.1 Å². The van der Waals surface area contributed by atoms with Crippen LogP contribution in [0.3, 0.4) is 0 Å². The molecule has 192 valence electrons. The first-order chi connectivity index (χ1) is 16.6. The average molecular weight is 493 g/mol. The lowest BCUT2D eigenvalue weighted by Gasteiger charge is -2.27. The van der Waals surface area contributed by atoms with E-state index in [1.807, 2.05) is 30.3 Å². The smallest absolute Gasteiger partial charge is 0.328 e. The van der Waals surface area contributed by atoms with Crippen molar-refractivity contribution in [3.63, 3.8) is 0 Å². The lowest BCUT2D eigenvalue weighted by Crippen LogP contribution is -2.53. The summed E-state index contributed by atoms with van der Waals surface area (Å²) in [5.41, 5.74) is 1.10. The lowest BCUT2D eigenvalue weighted by molar-refractivity contribution is -0.150. The molecule has 0 saturated carbocycles. The third-order valence-electron chi connectivity index (χ3n) is 5.15. The second kappa shape index (κ2) is 15.2. The molecule has 0 spiro atoms. The maximum absolute atomic E-state index is 12.7. The van der Waals surface area contributed by atoms with Gasteiger partial charge in [0, 0.05) is 18.7 Å². The molecule has 1 saturated heterocycles. The number of carbonyl (C=O) groups is 5. The second-order valence-electron chi connectivity index (χ2n) is 7.75. The number of carbonyl (C=O) groups excluding carboxylic acids is 2. The van der Waals surface area contributed by atoms with Gasteiger partial charge in [0.05, 0.1) is 12.6 Å². The molecule has 35 heavy (non-hydrogen) atoms. The van der Waals surface area contributed by atoms with Gasteiger partial charge in [-0.1, -0.05) is 30.3 Å². The van der Waals surface area contributed by atoms with Crippen molar-refractivity contribution in [3.05, 3.63) is 48.0 Å². The molecule has 0 bridgehead atoms. The number of esters is 1. The average Bonchev–Trinajstić information content (AvgIpc) is 3.31. The molecule has 11 heteroatoms. The maximum atomic E-state index is 12.7. The zero-order valence-electron chi connectivity index (χ0n) is 19.8. The highest BCUT2D eigenvalue weighted by molar-refractivity contribution is 5.89. The number of benzene rings is 1. The third kappa shape index (κ3) is 10.8. The fourth-order valence-corrected chi connectivity index (χ4v) is 3.52. The minimum absolute atomic E-state index is 0.262. The van der Waals surface area contributed by atoms with E-state index in [-0.39, 0.29) is 12.5 Å². The Morgan fingerprint density at radius 3 is 2.20 bits per heavy atom. The van der Waals surface area contributed by atoms with Crippen LogP contribution in [-0.4, -0.2) is 81.3 Å². The van der Waals surface area contributed by atoms with Gasteiger partial charge in [-0.15, -0.1) is 0 Å². The topological polar surface area (TPSA) is 171 Å². The van der Waals surface area contributed by atoms with Crippen LogP contribution in [0, 0.1) is 0 Å². The number of aliphatic carboxylic acids is 3. The number of rotatable bonds is 11. The first kappa shape index (κ1) is 29.3. The van der Waals surface area contributed by atoms with E-state index in [0.717, 1.165) is 5.56 Å². The molecule has 1 amide bonds. The molecule has 1 fully saturated rings. The summed E-state index contributed by atoms with van der Waals surface area (Å²) in [5, 5.41) is 27.9. The molecule has 0 aromatic heterocycles. The fraction of sp³-hybridized carbons (Fsp3) is 0.458. The molecule has 1 aromatic carbocycles.